The molecule has 0 aromatic heterocycles. The smallest absolute Gasteiger partial charge is 0.308 e. The van der Waals surface area contributed by atoms with Crippen molar-refractivity contribution < 1.29 is 9.53 Å². The highest BCUT2D eigenvalue weighted by Gasteiger charge is 2.66. The number of carbonyl (C=O) groups is 1. The molecule has 0 N–H and O–H groups in total. The standard InChI is InChI=1S/C17H22O2/c1-11-5-6-14(15(9-11)19-12(2)18)16(3)8-7-13-10-17(13,16)4/h5-6,9,13H,7-8,10H2,1-4H3. The first-order chi connectivity index (χ1) is 8.87. The summed E-state index contributed by atoms with van der Waals surface area (Å²) in [6.07, 6.45) is 3.82. The fourth-order valence-corrected chi connectivity index (χ4v) is 4.06. The topological polar surface area (TPSA) is 26.3 Å². The van der Waals surface area contributed by atoms with Gasteiger partial charge in [0.2, 0.25) is 0 Å². The second-order valence-electron chi connectivity index (χ2n) is 6.78. The fourth-order valence-electron chi connectivity index (χ4n) is 4.06. The van der Waals surface area contributed by atoms with Crippen molar-refractivity contribution in [3.63, 3.8) is 0 Å². The van der Waals surface area contributed by atoms with Crippen LogP contribution in [0.5, 0.6) is 5.75 Å². The van der Waals surface area contributed by atoms with Crippen LogP contribution in [0.25, 0.3) is 0 Å². The number of aryl methyl sites for hydroxylation is 1. The lowest BCUT2D eigenvalue weighted by Crippen LogP contribution is -2.30. The molecule has 2 aliphatic rings. The van der Waals surface area contributed by atoms with E-state index in [1.165, 1.54) is 31.7 Å². The highest BCUT2D eigenvalue weighted by molar-refractivity contribution is 5.70. The summed E-state index contributed by atoms with van der Waals surface area (Å²) in [5.74, 6) is 1.40. The van der Waals surface area contributed by atoms with E-state index in [4.69, 9.17) is 4.74 Å². The number of esters is 1. The minimum atomic E-state index is -0.231. The van der Waals surface area contributed by atoms with Gasteiger partial charge < -0.3 is 4.74 Å². The largest absolute Gasteiger partial charge is 0.426 e. The number of benzene rings is 1. The van der Waals surface area contributed by atoms with Gasteiger partial charge in [-0.15, -0.1) is 0 Å². The third-order valence-corrected chi connectivity index (χ3v) is 5.65. The predicted octanol–water partition coefficient (Wildman–Crippen LogP) is 4.00. The lowest BCUT2D eigenvalue weighted by Gasteiger charge is -2.34. The van der Waals surface area contributed by atoms with Gasteiger partial charge in [0.05, 0.1) is 0 Å². The maximum atomic E-state index is 11.3. The van der Waals surface area contributed by atoms with Crippen LogP contribution in [-0.2, 0) is 10.2 Å². The summed E-state index contributed by atoms with van der Waals surface area (Å²) >= 11 is 0. The first-order valence-electron chi connectivity index (χ1n) is 7.16. The molecule has 0 heterocycles. The van der Waals surface area contributed by atoms with Gasteiger partial charge in [0, 0.05) is 17.9 Å². The monoisotopic (exact) mass is 258 g/mol. The summed E-state index contributed by atoms with van der Waals surface area (Å²) in [5, 5.41) is 0. The van der Waals surface area contributed by atoms with E-state index in [0.29, 0.717) is 5.41 Å². The van der Waals surface area contributed by atoms with E-state index in [-0.39, 0.29) is 11.4 Å². The highest BCUT2D eigenvalue weighted by atomic mass is 16.5. The van der Waals surface area contributed by atoms with E-state index in [1.807, 2.05) is 13.0 Å². The molecular formula is C17H22O2. The van der Waals surface area contributed by atoms with Gasteiger partial charge in [0.25, 0.3) is 0 Å². The van der Waals surface area contributed by atoms with E-state index < -0.39 is 0 Å². The Morgan fingerprint density at radius 3 is 2.63 bits per heavy atom. The van der Waals surface area contributed by atoms with E-state index in [0.717, 1.165) is 17.2 Å². The van der Waals surface area contributed by atoms with Gasteiger partial charge in [-0.25, -0.2) is 0 Å². The Kier molecular flexibility index (Phi) is 2.57. The van der Waals surface area contributed by atoms with Crippen molar-refractivity contribution in [1.29, 1.82) is 0 Å². The molecule has 2 nitrogen and oxygen atoms in total. The average molecular weight is 258 g/mol. The Morgan fingerprint density at radius 2 is 2.11 bits per heavy atom. The zero-order valence-electron chi connectivity index (χ0n) is 12.2. The highest BCUT2D eigenvalue weighted by Crippen LogP contribution is 2.72. The van der Waals surface area contributed by atoms with Crippen molar-refractivity contribution in [2.45, 2.75) is 52.4 Å². The zero-order chi connectivity index (χ0) is 13.8. The summed E-state index contributed by atoms with van der Waals surface area (Å²) in [6.45, 7) is 8.25. The van der Waals surface area contributed by atoms with Crippen molar-refractivity contribution >= 4 is 5.97 Å². The van der Waals surface area contributed by atoms with Crippen molar-refractivity contribution in [3.05, 3.63) is 29.3 Å². The molecule has 3 unspecified atom stereocenters. The Labute approximate surface area is 115 Å². The molecule has 102 valence electrons. The molecule has 0 amide bonds. The van der Waals surface area contributed by atoms with Crippen LogP contribution in [-0.4, -0.2) is 5.97 Å². The first kappa shape index (κ1) is 12.7. The molecule has 2 saturated carbocycles. The number of rotatable bonds is 2. The number of carbonyl (C=O) groups excluding carboxylic acids is 1. The molecule has 0 saturated heterocycles. The number of fused-ring (bicyclic) bond motifs is 1. The molecule has 2 aliphatic carbocycles. The Bertz CT molecular complexity index is 546. The van der Waals surface area contributed by atoms with E-state index in [2.05, 4.69) is 26.0 Å². The van der Waals surface area contributed by atoms with Gasteiger partial charge in [-0.2, -0.15) is 0 Å². The van der Waals surface area contributed by atoms with Crippen LogP contribution in [0.1, 0.15) is 51.2 Å². The molecule has 1 aromatic carbocycles. The lowest BCUT2D eigenvalue weighted by atomic mass is 9.70. The molecule has 1 aromatic rings. The molecule has 2 heteroatoms. The second-order valence-corrected chi connectivity index (χ2v) is 6.78. The molecular weight excluding hydrogens is 236 g/mol. The van der Waals surface area contributed by atoms with Gasteiger partial charge >= 0.3 is 5.97 Å². The van der Waals surface area contributed by atoms with Crippen molar-refractivity contribution in [1.82, 2.24) is 0 Å². The third-order valence-electron chi connectivity index (χ3n) is 5.65. The summed E-state index contributed by atoms with van der Waals surface area (Å²) in [5.41, 5.74) is 2.91. The fraction of sp³-hybridized carbons (Fsp3) is 0.588. The maximum absolute atomic E-state index is 11.3. The lowest BCUT2D eigenvalue weighted by molar-refractivity contribution is -0.132. The summed E-state index contributed by atoms with van der Waals surface area (Å²) in [4.78, 5) is 11.3. The first-order valence-corrected chi connectivity index (χ1v) is 7.16. The number of hydrogen-bond donors (Lipinski definition) is 0. The second kappa shape index (κ2) is 3.84. The SMILES string of the molecule is CC(=O)Oc1cc(C)ccc1C1(C)CCC2CC21C. The molecule has 19 heavy (non-hydrogen) atoms. The van der Waals surface area contributed by atoms with Crippen LogP contribution < -0.4 is 4.74 Å². The molecule has 0 radical (unpaired) electrons. The van der Waals surface area contributed by atoms with Crippen molar-refractivity contribution in [2.75, 3.05) is 0 Å². The Hall–Kier alpha value is -1.31. The Morgan fingerprint density at radius 1 is 1.37 bits per heavy atom. The summed E-state index contributed by atoms with van der Waals surface area (Å²) in [7, 11) is 0. The summed E-state index contributed by atoms with van der Waals surface area (Å²) < 4.78 is 5.48. The normalized spacial score (nSPS) is 35.9. The average Bonchev–Trinajstić information content (AvgIpc) is 2.92. The third kappa shape index (κ3) is 1.73. The minimum Gasteiger partial charge on any atom is -0.426 e. The van der Waals surface area contributed by atoms with Gasteiger partial charge in [0.1, 0.15) is 5.75 Å². The van der Waals surface area contributed by atoms with Crippen LogP contribution in [0.3, 0.4) is 0 Å². The summed E-state index contributed by atoms with van der Waals surface area (Å²) in [6, 6.07) is 6.30. The molecule has 3 atom stereocenters. The molecule has 0 bridgehead atoms. The number of hydrogen-bond acceptors (Lipinski definition) is 2. The molecule has 2 fully saturated rings. The van der Waals surface area contributed by atoms with Crippen LogP contribution in [0.2, 0.25) is 0 Å². The van der Waals surface area contributed by atoms with E-state index in [1.54, 1.807) is 0 Å². The molecule has 3 rings (SSSR count). The van der Waals surface area contributed by atoms with Gasteiger partial charge in [-0.05, 0) is 49.1 Å². The van der Waals surface area contributed by atoms with E-state index in [9.17, 15) is 4.79 Å². The maximum Gasteiger partial charge on any atom is 0.308 e. The minimum absolute atomic E-state index is 0.149. The molecule has 0 spiro atoms. The van der Waals surface area contributed by atoms with Crippen LogP contribution >= 0.6 is 0 Å². The predicted molar refractivity (Wildman–Crippen MR) is 75.3 cm³/mol. The quantitative estimate of drug-likeness (QED) is 0.592. The van der Waals surface area contributed by atoms with Crippen LogP contribution in [0.4, 0.5) is 0 Å². The van der Waals surface area contributed by atoms with Gasteiger partial charge in [0.15, 0.2) is 0 Å². The molecule has 0 aliphatic heterocycles. The van der Waals surface area contributed by atoms with Gasteiger partial charge in [-0.1, -0.05) is 26.0 Å². The zero-order valence-corrected chi connectivity index (χ0v) is 12.2. The van der Waals surface area contributed by atoms with E-state index >= 15 is 0 Å². The van der Waals surface area contributed by atoms with Crippen molar-refractivity contribution in [2.24, 2.45) is 11.3 Å². The number of ether oxygens (including phenoxy) is 1. The van der Waals surface area contributed by atoms with Crippen LogP contribution in [0, 0.1) is 18.3 Å². The van der Waals surface area contributed by atoms with Gasteiger partial charge in [-0.3, -0.25) is 4.79 Å². The van der Waals surface area contributed by atoms with Crippen molar-refractivity contribution in [3.8, 4) is 5.75 Å². The van der Waals surface area contributed by atoms with Crippen LogP contribution in [0.15, 0.2) is 18.2 Å². The Balaban J connectivity index is 2.07.